The van der Waals surface area contributed by atoms with Gasteiger partial charge in [-0.1, -0.05) is 0 Å². The van der Waals surface area contributed by atoms with Gasteiger partial charge in [-0.2, -0.15) is 0 Å². The summed E-state index contributed by atoms with van der Waals surface area (Å²) >= 11 is 0. The lowest BCUT2D eigenvalue weighted by Gasteiger charge is -2.23. The van der Waals surface area contributed by atoms with Crippen LogP contribution in [0.4, 0.5) is 5.82 Å². The first kappa shape index (κ1) is 14.4. The molecule has 3 N–H and O–H groups in total. The van der Waals surface area contributed by atoms with Gasteiger partial charge in [0.2, 0.25) is 5.91 Å². The standard InChI is InChI=1S/C15H21N7O/c1-21(15-13-14(18-7-17-13)19-8-20-15)6-12(23)22-4-9-2-3-11(16)10(9)5-22/h7-11H,2-6,16H2,1H3,(H,17,18,19,20). The summed E-state index contributed by atoms with van der Waals surface area (Å²) in [6.45, 7) is 1.93. The quantitative estimate of drug-likeness (QED) is 0.825. The SMILES string of the molecule is CN(CC(=O)N1CC2CCC(N)C2C1)c1ncnc2nc[nH]c12. The summed E-state index contributed by atoms with van der Waals surface area (Å²) in [5, 5.41) is 0. The minimum absolute atomic E-state index is 0.125. The monoisotopic (exact) mass is 315 g/mol. The number of hydrogen-bond acceptors (Lipinski definition) is 6. The Hall–Kier alpha value is -2.22. The first-order chi connectivity index (χ1) is 11.1. The maximum Gasteiger partial charge on any atom is 0.242 e. The van der Waals surface area contributed by atoms with Crippen LogP contribution in [0.3, 0.4) is 0 Å². The number of aromatic nitrogens is 4. The largest absolute Gasteiger partial charge is 0.348 e. The Bertz CT molecular complexity index is 729. The predicted molar refractivity (Wildman–Crippen MR) is 85.7 cm³/mol. The Morgan fingerprint density at radius 2 is 2.26 bits per heavy atom. The molecule has 1 saturated carbocycles. The van der Waals surface area contributed by atoms with Crippen LogP contribution in [0.1, 0.15) is 12.8 Å². The maximum atomic E-state index is 12.6. The number of H-pyrrole nitrogens is 1. The Morgan fingerprint density at radius 1 is 1.39 bits per heavy atom. The first-order valence-electron chi connectivity index (χ1n) is 8.02. The third-order valence-electron chi connectivity index (χ3n) is 5.20. The molecule has 0 aromatic carbocycles. The van der Waals surface area contributed by atoms with Crippen molar-refractivity contribution in [2.75, 3.05) is 31.6 Å². The van der Waals surface area contributed by atoms with Gasteiger partial charge in [0.15, 0.2) is 11.5 Å². The zero-order valence-corrected chi connectivity index (χ0v) is 13.1. The summed E-state index contributed by atoms with van der Waals surface area (Å²) < 4.78 is 0. The molecule has 0 spiro atoms. The lowest BCUT2D eigenvalue weighted by molar-refractivity contribution is -0.128. The lowest BCUT2D eigenvalue weighted by Crippen LogP contribution is -2.39. The van der Waals surface area contributed by atoms with Gasteiger partial charge in [-0.05, 0) is 24.7 Å². The number of nitrogens with zero attached hydrogens (tertiary/aromatic N) is 5. The van der Waals surface area contributed by atoms with Crippen LogP contribution in [0.2, 0.25) is 0 Å². The number of likely N-dealkylation sites (tertiary alicyclic amines) is 1. The number of carbonyl (C=O) groups is 1. The van der Waals surface area contributed by atoms with Crippen LogP contribution in [0, 0.1) is 11.8 Å². The molecule has 3 unspecified atom stereocenters. The zero-order valence-electron chi connectivity index (χ0n) is 13.1. The van der Waals surface area contributed by atoms with E-state index in [-0.39, 0.29) is 11.9 Å². The van der Waals surface area contributed by atoms with E-state index in [4.69, 9.17) is 5.73 Å². The van der Waals surface area contributed by atoms with Crippen molar-refractivity contribution >= 4 is 22.9 Å². The third kappa shape index (κ3) is 2.42. The van der Waals surface area contributed by atoms with E-state index in [9.17, 15) is 4.79 Å². The van der Waals surface area contributed by atoms with E-state index in [1.54, 1.807) is 6.33 Å². The van der Waals surface area contributed by atoms with Gasteiger partial charge < -0.3 is 20.5 Å². The molecule has 2 aromatic rings. The number of nitrogens with two attached hydrogens (primary N) is 1. The number of imidazole rings is 1. The summed E-state index contributed by atoms with van der Waals surface area (Å²) in [7, 11) is 1.86. The maximum absolute atomic E-state index is 12.6. The van der Waals surface area contributed by atoms with Crippen molar-refractivity contribution in [2.24, 2.45) is 17.6 Å². The lowest BCUT2D eigenvalue weighted by atomic mass is 9.98. The molecule has 1 aliphatic heterocycles. The Balaban J connectivity index is 1.46. The summed E-state index contributed by atoms with van der Waals surface area (Å²) in [4.78, 5) is 31.9. The highest BCUT2D eigenvalue weighted by Crippen LogP contribution is 2.37. The fourth-order valence-electron chi connectivity index (χ4n) is 3.93. The van der Waals surface area contributed by atoms with Crippen LogP contribution < -0.4 is 10.6 Å². The van der Waals surface area contributed by atoms with Crippen molar-refractivity contribution in [3.63, 3.8) is 0 Å². The van der Waals surface area contributed by atoms with Gasteiger partial charge in [-0.15, -0.1) is 0 Å². The molecule has 1 aliphatic carbocycles. The topological polar surface area (TPSA) is 104 Å². The van der Waals surface area contributed by atoms with E-state index in [1.165, 1.54) is 6.33 Å². The molecule has 3 atom stereocenters. The number of carbonyl (C=O) groups excluding carboxylic acids is 1. The summed E-state index contributed by atoms with van der Waals surface area (Å²) in [6, 6.07) is 0.252. The number of fused-ring (bicyclic) bond motifs is 2. The second-order valence-electron chi connectivity index (χ2n) is 6.62. The van der Waals surface area contributed by atoms with Crippen molar-refractivity contribution in [3.8, 4) is 0 Å². The van der Waals surface area contributed by atoms with Gasteiger partial charge in [0.25, 0.3) is 0 Å². The Kier molecular flexibility index (Phi) is 3.41. The highest BCUT2D eigenvalue weighted by atomic mass is 16.2. The van der Waals surface area contributed by atoms with Gasteiger partial charge in [0.05, 0.1) is 12.9 Å². The molecule has 1 amide bonds. The molecular weight excluding hydrogens is 294 g/mol. The smallest absolute Gasteiger partial charge is 0.242 e. The molecule has 1 saturated heterocycles. The van der Waals surface area contributed by atoms with Crippen LogP contribution in [0.25, 0.3) is 11.2 Å². The molecule has 0 radical (unpaired) electrons. The third-order valence-corrected chi connectivity index (χ3v) is 5.20. The number of aromatic amines is 1. The number of amides is 1. The average Bonchev–Trinajstić information content (AvgIpc) is 3.23. The molecule has 122 valence electrons. The summed E-state index contributed by atoms with van der Waals surface area (Å²) in [5.74, 6) is 1.87. The van der Waals surface area contributed by atoms with Gasteiger partial charge in [-0.3, -0.25) is 4.79 Å². The second-order valence-corrected chi connectivity index (χ2v) is 6.62. The van der Waals surface area contributed by atoms with Crippen LogP contribution in [-0.4, -0.2) is 63.5 Å². The molecule has 2 fully saturated rings. The normalized spacial score (nSPS) is 26.7. The number of likely N-dealkylation sites (N-methyl/N-ethyl adjacent to an activating group) is 1. The van der Waals surface area contributed by atoms with Gasteiger partial charge in [0, 0.05) is 26.2 Å². The van der Waals surface area contributed by atoms with E-state index in [0.29, 0.717) is 29.8 Å². The second kappa shape index (κ2) is 5.45. The van der Waals surface area contributed by atoms with Crippen molar-refractivity contribution in [1.82, 2.24) is 24.8 Å². The minimum Gasteiger partial charge on any atom is -0.348 e. The average molecular weight is 315 g/mol. The molecule has 2 aliphatic rings. The van der Waals surface area contributed by atoms with Gasteiger partial charge in [0.1, 0.15) is 11.8 Å². The van der Waals surface area contributed by atoms with E-state index in [2.05, 4.69) is 19.9 Å². The number of hydrogen-bond donors (Lipinski definition) is 2. The van der Waals surface area contributed by atoms with E-state index < -0.39 is 0 Å². The highest BCUT2D eigenvalue weighted by molar-refractivity contribution is 5.87. The number of rotatable bonds is 3. The van der Waals surface area contributed by atoms with Crippen molar-refractivity contribution < 1.29 is 4.79 Å². The van der Waals surface area contributed by atoms with E-state index >= 15 is 0 Å². The molecule has 8 heteroatoms. The van der Waals surface area contributed by atoms with Crippen LogP contribution in [-0.2, 0) is 4.79 Å². The van der Waals surface area contributed by atoms with Crippen molar-refractivity contribution in [3.05, 3.63) is 12.7 Å². The van der Waals surface area contributed by atoms with E-state index in [0.717, 1.165) is 31.4 Å². The molecule has 8 nitrogen and oxygen atoms in total. The van der Waals surface area contributed by atoms with Crippen LogP contribution in [0.5, 0.6) is 0 Å². The Morgan fingerprint density at radius 3 is 3.09 bits per heavy atom. The Labute approximate surface area is 134 Å². The molecule has 0 bridgehead atoms. The molecule has 23 heavy (non-hydrogen) atoms. The summed E-state index contributed by atoms with van der Waals surface area (Å²) in [5.41, 5.74) is 7.51. The molecular formula is C15H21N7O. The van der Waals surface area contributed by atoms with E-state index in [1.807, 2.05) is 16.8 Å². The molecule has 3 heterocycles. The first-order valence-corrected chi connectivity index (χ1v) is 8.02. The zero-order chi connectivity index (χ0) is 16.0. The fraction of sp³-hybridized carbons (Fsp3) is 0.600. The molecule has 2 aromatic heterocycles. The number of nitrogens with one attached hydrogen (secondary N) is 1. The van der Waals surface area contributed by atoms with Gasteiger partial charge >= 0.3 is 0 Å². The van der Waals surface area contributed by atoms with Crippen LogP contribution >= 0.6 is 0 Å². The van der Waals surface area contributed by atoms with Crippen molar-refractivity contribution in [1.29, 1.82) is 0 Å². The summed E-state index contributed by atoms with van der Waals surface area (Å²) in [6.07, 6.45) is 5.29. The minimum atomic E-state index is 0.125. The highest BCUT2D eigenvalue weighted by Gasteiger charge is 2.42. The molecule has 4 rings (SSSR count). The fourth-order valence-corrected chi connectivity index (χ4v) is 3.93. The number of anilines is 1. The van der Waals surface area contributed by atoms with Crippen molar-refractivity contribution in [2.45, 2.75) is 18.9 Å². The van der Waals surface area contributed by atoms with Crippen LogP contribution in [0.15, 0.2) is 12.7 Å². The predicted octanol–water partition coefficient (Wildman–Crippen LogP) is -0.0152. The van der Waals surface area contributed by atoms with Gasteiger partial charge in [-0.25, -0.2) is 15.0 Å².